The highest BCUT2D eigenvalue weighted by Crippen LogP contribution is 2.33. The minimum Gasteiger partial charge on any atom is -0.356 e. The van der Waals surface area contributed by atoms with Gasteiger partial charge in [0.25, 0.3) is 0 Å². The minimum atomic E-state index is -3.00. The number of sulfone groups is 1. The van der Waals surface area contributed by atoms with Crippen LogP contribution in [0.5, 0.6) is 0 Å². The second-order valence-electron chi connectivity index (χ2n) is 6.39. The number of hydrogen-bond donors (Lipinski definition) is 0. The lowest BCUT2D eigenvalue weighted by molar-refractivity contribution is -0.133. The number of para-hydroxylation sites is 1. The Morgan fingerprint density at radius 1 is 1.22 bits per heavy atom. The highest BCUT2D eigenvalue weighted by molar-refractivity contribution is 7.91. The maximum atomic E-state index is 12.8. The Hall–Kier alpha value is -1.89. The lowest BCUT2D eigenvalue weighted by atomic mass is 10.1. The average molecular weight is 334 g/mol. The number of aromatic nitrogens is 1. The fourth-order valence-electron chi connectivity index (χ4n) is 3.35. The van der Waals surface area contributed by atoms with E-state index in [9.17, 15) is 13.2 Å². The number of benzene rings is 1. The molecule has 2 fully saturated rings. The Kier molecular flexibility index (Phi) is 3.41. The van der Waals surface area contributed by atoms with Gasteiger partial charge in [-0.25, -0.2) is 8.42 Å². The third-order valence-electron chi connectivity index (χ3n) is 4.60. The topological polar surface area (TPSA) is 80.5 Å². The lowest BCUT2D eigenvalue weighted by Gasteiger charge is -2.28. The summed E-state index contributed by atoms with van der Waals surface area (Å²) < 4.78 is 28.7. The molecule has 23 heavy (non-hydrogen) atoms. The fourth-order valence-corrected chi connectivity index (χ4v) is 5.06. The van der Waals surface area contributed by atoms with Crippen molar-refractivity contribution in [2.75, 3.05) is 11.5 Å². The Morgan fingerprint density at radius 2 is 2.00 bits per heavy atom. The third kappa shape index (κ3) is 2.85. The summed E-state index contributed by atoms with van der Waals surface area (Å²) in [7, 11) is -3.00. The number of fused-ring (bicyclic) bond motifs is 1. The van der Waals surface area contributed by atoms with Crippen molar-refractivity contribution in [3.8, 4) is 0 Å². The van der Waals surface area contributed by atoms with E-state index in [4.69, 9.17) is 4.52 Å². The van der Waals surface area contributed by atoms with E-state index in [1.54, 1.807) is 4.90 Å². The van der Waals surface area contributed by atoms with Gasteiger partial charge in [0.05, 0.1) is 17.9 Å². The largest absolute Gasteiger partial charge is 0.356 e. The molecule has 0 spiro atoms. The summed E-state index contributed by atoms with van der Waals surface area (Å²) in [5.74, 6) is 0.226. The summed E-state index contributed by atoms with van der Waals surface area (Å²) in [4.78, 5) is 14.6. The smallest absolute Gasteiger partial charge is 0.229 e. The SMILES string of the molecule is O=C(Cc1noc2ccccc12)N(C1CC1)[C@@H]1CCS(=O)(=O)C1. The van der Waals surface area contributed by atoms with Crippen LogP contribution in [0.1, 0.15) is 25.0 Å². The van der Waals surface area contributed by atoms with Crippen molar-refractivity contribution < 1.29 is 17.7 Å². The number of amides is 1. The van der Waals surface area contributed by atoms with Crippen molar-refractivity contribution in [3.63, 3.8) is 0 Å². The molecule has 1 saturated carbocycles. The molecule has 1 aromatic carbocycles. The van der Waals surface area contributed by atoms with Crippen LogP contribution in [0.3, 0.4) is 0 Å². The first-order valence-corrected chi connectivity index (χ1v) is 9.70. The molecule has 1 aliphatic carbocycles. The zero-order valence-corrected chi connectivity index (χ0v) is 13.5. The van der Waals surface area contributed by atoms with E-state index in [2.05, 4.69) is 5.16 Å². The van der Waals surface area contributed by atoms with E-state index in [-0.39, 0.29) is 35.9 Å². The first-order valence-electron chi connectivity index (χ1n) is 7.88. The van der Waals surface area contributed by atoms with Gasteiger partial charge in [0.15, 0.2) is 15.4 Å². The lowest BCUT2D eigenvalue weighted by Crippen LogP contribution is -2.43. The molecule has 0 unspecified atom stereocenters. The minimum absolute atomic E-state index is 0.0475. The van der Waals surface area contributed by atoms with E-state index >= 15 is 0 Å². The summed E-state index contributed by atoms with van der Waals surface area (Å²) in [6.07, 6.45) is 2.62. The highest BCUT2D eigenvalue weighted by atomic mass is 32.2. The summed E-state index contributed by atoms with van der Waals surface area (Å²) in [6, 6.07) is 7.46. The van der Waals surface area contributed by atoms with Crippen LogP contribution in [0, 0.1) is 0 Å². The van der Waals surface area contributed by atoms with Crippen LogP contribution in [-0.2, 0) is 21.1 Å². The van der Waals surface area contributed by atoms with Gasteiger partial charge in [0.1, 0.15) is 5.69 Å². The Balaban J connectivity index is 1.56. The van der Waals surface area contributed by atoms with Crippen LogP contribution in [0.2, 0.25) is 0 Å². The number of rotatable bonds is 4. The summed E-state index contributed by atoms with van der Waals surface area (Å²) >= 11 is 0. The normalized spacial score (nSPS) is 23.2. The predicted octanol–water partition coefficient (Wildman–Crippen LogP) is 1.55. The van der Waals surface area contributed by atoms with Gasteiger partial charge in [0, 0.05) is 17.5 Å². The molecule has 2 aromatic rings. The van der Waals surface area contributed by atoms with Crippen LogP contribution in [0.4, 0.5) is 0 Å². The van der Waals surface area contributed by atoms with E-state index < -0.39 is 9.84 Å². The van der Waals surface area contributed by atoms with Gasteiger partial charge < -0.3 is 9.42 Å². The van der Waals surface area contributed by atoms with Gasteiger partial charge in [-0.2, -0.15) is 0 Å². The molecule has 122 valence electrons. The maximum Gasteiger partial charge on any atom is 0.229 e. The van der Waals surface area contributed by atoms with Crippen molar-refractivity contribution in [2.45, 2.75) is 37.8 Å². The van der Waals surface area contributed by atoms with E-state index in [1.807, 2.05) is 24.3 Å². The molecule has 4 rings (SSSR count). The first-order chi connectivity index (χ1) is 11.0. The number of hydrogen-bond acceptors (Lipinski definition) is 5. The second-order valence-corrected chi connectivity index (χ2v) is 8.62. The molecule has 1 atom stereocenters. The number of carbonyl (C=O) groups excluding carboxylic acids is 1. The zero-order chi connectivity index (χ0) is 16.0. The van der Waals surface area contributed by atoms with Gasteiger partial charge in [-0.1, -0.05) is 17.3 Å². The van der Waals surface area contributed by atoms with Crippen molar-refractivity contribution in [3.05, 3.63) is 30.0 Å². The first kappa shape index (κ1) is 14.7. The Morgan fingerprint density at radius 3 is 2.70 bits per heavy atom. The van der Waals surface area contributed by atoms with Crippen LogP contribution in [0.25, 0.3) is 11.0 Å². The molecule has 7 heteroatoms. The van der Waals surface area contributed by atoms with E-state index in [0.29, 0.717) is 17.7 Å². The molecule has 0 N–H and O–H groups in total. The monoisotopic (exact) mass is 334 g/mol. The summed E-state index contributed by atoms with van der Waals surface area (Å²) in [5, 5.41) is 4.86. The van der Waals surface area contributed by atoms with Gasteiger partial charge in [-0.05, 0) is 31.4 Å². The average Bonchev–Trinajstić information content (AvgIpc) is 3.16. The summed E-state index contributed by atoms with van der Waals surface area (Å²) in [5.41, 5.74) is 1.29. The molecular weight excluding hydrogens is 316 g/mol. The molecule has 2 aliphatic rings. The molecule has 1 amide bonds. The predicted molar refractivity (Wildman–Crippen MR) is 84.6 cm³/mol. The van der Waals surface area contributed by atoms with E-state index in [0.717, 1.165) is 18.2 Å². The van der Waals surface area contributed by atoms with Crippen LogP contribution >= 0.6 is 0 Å². The summed E-state index contributed by atoms with van der Waals surface area (Å²) in [6.45, 7) is 0. The number of nitrogens with zero attached hydrogens (tertiary/aromatic N) is 2. The third-order valence-corrected chi connectivity index (χ3v) is 6.35. The molecule has 2 heterocycles. The van der Waals surface area contributed by atoms with Crippen LogP contribution < -0.4 is 0 Å². The maximum absolute atomic E-state index is 12.8. The highest BCUT2D eigenvalue weighted by Gasteiger charge is 2.42. The van der Waals surface area contributed by atoms with Crippen LogP contribution in [-0.4, -0.2) is 48.0 Å². The van der Waals surface area contributed by atoms with Crippen molar-refractivity contribution in [1.82, 2.24) is 10.1 Å². The molecule has 0 bridgehead atoms. The second kappa shape index (κ2) is 5.33. The molecule has 0 radical (unpaired) electrons. The zero-order valence-electron chi connectivity index (χ0n) is 12.6. The standard InChI is InChI=1S/C16H18N2O4S/c19-16(9-14-13-3-1-2-4-15(13)22-17-14)18(11-5-6-11)12-7-8-23(20,21)10-12/h1-4,11-12H,5-10H2/t12-/m1/s1. The molecular formula is C16H18N2O4S. The van der Waals surface area contributed by atoms with Gasteiger partial charge >= 0.3 is 0 Å². The number of carbonyl (C=O) groups is 1. The van der Waals surface area contributed by atoms with Crippen LogP contribution in [0.15, 0.2) is 28.8 Å². The van der Waals surface area contributed by atoms with Gasteiger partial charge in [-0.15, -0.1) is 0 Å². The van der Waals surface area contributed by atoms with Crippen molar-refractivity contribution in [1.29, 1.82) is 0 Å². The Labute approximate surface area is 134 Å². The van der Waals surface area contributed by atoms with E-state index in [1.165, 1.54) is 0 Å². The molecule has 6 nitrogen and oxygen atoms in total. The van der Waals surface area contributed by atoms with Gasteiger partial charge in [-0.3, -0.25) is 4.79 Å². The fraction of sp³-hybridized carbons (Fsp3) is 0.500. The quantitative estimate of drug-likeness (QED) is 0.847. The van der Waals surface area contributed by atoms with Crippen molar-refractivity contribution >= 4 is 26.7 Å². The van der Waals surface area contributed by atoms with Gasteiger partial charge in [0.2, 0.25) is 5.91 Å². The Bertz CT molecular complexity index is 854. The molecule has 1 aliphatic heterocycles. The van der Waals surface area contributed by atoms with Crippen molar-refractivity contribution in [2.24, 2.45) is 0 Å². The molecule has 1 saturated heterocycles. The molecule has 1 aromatic heterocycles.